The summed E-state index contributed by atoms with van der Waals surface area (Å²) in [6, 6.07) is 78.6. The van der Waals surface area contributed by atoms with Gasteiger partial charge in [0.05, 0.1) is 16.7 Å². The third kappa shape index (κ3) is 5.44. The lowest BCUT2D eigenvalue weighted by atomic mass is 9.99. The summed E-state index contributed by atoms with van der Waals surface area (Å²) in [7, 11) is 0. The Morgan fingerprint density at radius 1 is 0.356 bits per heavy atom. The van der Waals surface area contributed by atoms with Crippen molar-refractivity contribution in [3.05, 3.63) is 218 Å². The summed E-state index contributed by atoms with van der Waals surface area (Å²) in [5, 5.41) is 9.61. The zero-order chi connectivity index (χ0) is 38.9. The van der Waals surface area contributed by atoms with Crippen LogP contribution >= 0.6 is 0 Å². The van der Waals surface area contributed by atoms with Crippen LogP contribution in [0.3, 0.4) is 0 Å². The number of benzene rings is 10. The molecule has 0 atom stereocenters. The minimum Gasteiger partial charge on any atom is -0.454 e. The molecular formula is C56H36N2O. The fourth-order valence-electron chi connectivity index (χ4n) is 9.13. The van der Waals surface area contributed by atoms with Gasteiger partial charge in [0.25, 0.3) is 0 Å². The number of fused-ring (bicyclic) bond motifs is 9. The van der Waals surface area contributed by atoms with E-state index in [0.29, 0.717) is 0 Å². The third-order valence-corrected chi connectivity index (χ3v) is 12.0. The molecular weight excluding hydrogens is 717 g/mol. The highest BCUT2D eigenvalue weighted by atomic mass is 16.3. The Morgan fingerprint density at radius 2 is 0.847 bits per heavy atom. The number of aromatic nitrogens is 1. The summed E-state index contributed by atoms with van der Waals surface area (Å²) in [6.45, 7) is 0. The van der Waals surface area contributed by atoms with Crippen LogP contribution in [0.15, 0.2) is 223 Å². The SMILES string of the molecule is c1ccc2cc(-c3ccc(N(c4ccc(-c5ccc(-n6c7ccccc7c7ccccc76)cc5)cc4)c4cc5ccccc5c5c4oc4ccccc45)cc3)ccc2c1. The van der Waals surface area contributed by atoms with Gasteiger partial charge in [-0.05, 0) is 111 Å². The fourth-order valence-corrected chi connectivity index (χ4v) is 9.13. The average Bonchev–Trinajstić information content (AvgIpc) is 3.87. The Kier molecular flexibility index (Phi) is 7.54. The van der Waals surface area contributed by atoms with Crippen LogP contribution < -0.4 is 4.90 Å². The van der Waals surface area contributed by atoms with Crippen LogP contribution in [0.2, 0.25) is 0 Å². The molecule has 12 aromatic rings. The van der Waals surface area contributed by atoms with Gasteiger partial charge in [-0.1, -0.05) is 152 Å². The van der Waals surface area contributed by atoms with E-state index >= 15 is 0 Å². The molecule has 0 amide bonds. The molecule has 0 saturated carbocycles. The number of nitrogens with zero attached hydrogens (tertiary/aromatic N) is 2. The molecule has 0 unspecified atom stereocenters. The summed E-state index contributed by atoms with van der Waals surface area (Å²) in [5.74, 6) is 0. The van der Waals surface area contributed by atoms with Crippen LogP contribution in [0.5, 0.6) is 0 Å². The first-order chi connectivity index (χ1) is 29.2. The van der Waals surface area contributed by atoms with E-state index in [2.05, 4.69) is 222 Å². The second-order valence-corrected chi connectivity index (χ2v) is 15.3. The van der Waals surface area contributed by atoms with Crippen LogP contribution in [-0.2, 0) is 0 Å². The first-order valence-corrected chi connectivity index (χ1v) is 20.2. The van der Waals surface area contributed by atoms with Crippen molar-refractivity contribution in [3.8, 4) is 27.9 Å². The topological polar surface area (TPSA) is 21.3 Å². The second-order valence-electron chi connectivity index (χ2n) is 15.3. The van der Waals surface area contributed by atoms with Crippen molar-refractivity contribution in [2.24, 2.45) is 0 Å². The van der Waals surface area contributed by atoms with Crippen molar-refractivity contribution in [3.63, 3.8) is 0 Å². The van der Waals surface area contributed by atoms with Crippen LogP contribution in [0, 0.1) is 0 Å². The van der Waals surface area contributed by atoms with Gasteiger partial charge in [-0.3, -0.25) is 0 Å². The molecule has 10 aromatic carbocycles. The zero-order valence-electron chi connectivity index (χ0n) is 32.1. The number of hydrogen-bond acceptors (Lipinski definition) is 2. The Bertz CT molecular complexity index is 3480. The number of anilines is 3. The van der Waals surface area contributed by atoms with E-state index in [1.54, 1.807) is 0 Å². The smallest absolute Gasteiger partial charge is 0.160 e. The molecule has 3 heteroatoms. The maximum absolute atomic E-state index is 6.79. The fraction of sp³-hybridized carbons (Fsp3) is 0. The van der Waals surface area contributed by atoms with E-state index in [1.807, 2.05) is 6.07 Å². The molecule has 0 fully saturated rings. The molecule has 276 valence electrons. The molecule has 2 heterocycles. The molecule has 3 nitrogen and oxygen atoms in total. The minimum atomic E-state index is 0.869. The Balaban J connectivity index is 0.975. The predicted molar refractivity (Wildman–Crippen MR) is 249 cm³/mol. The maximum Gasteiger partial charge on any atom is 0.160 e. The minimum absolute atomic E-state index is 0.869. The number of furan rings is 1. The highest BCUT2D eigenvalue weighted by Gasteiger charge is 2.22. The second kappa shape index (κ2) is 13.4. The summed E-state index contributed by atoms with van der Waals surface area (Å²) in [4.78, 5) is 2.34. The van der Waals surface area contributed by atoms with E-state index in [0.717, 1.165) is 55.8 Å². The Morgan fingerprint density at radius 3 is 1.51 bits per heavy atom. The zero-order valence-corrected chi connectivity index (χ0v) is 32.1. The van der Waals surface area contributed by atoms with Gasteiger partial charge < -0.3 is 13.9 Å². The van der Waals surface area contributed by atoms with Crippen molar-refractivity contribution in [2.45, 2.75) is 0 Å². The Labute approximate surface area is 341 Å². The third-order valence-electron chi connectivity index (χ3n) is 12.0. The molecule has 0 bridgehead atoms. The molecule has 59 heavy (non-hydrogen) atoms. The number of para-hydroxylation sites is 3. The van der Waals surface area contributed by atoms with E-state index in [1.165, 1.54) is 54.5 Å². The van der Waals surface area contributed by atoms with Gasteiger partial charge in [0, 0.05) is 38.6 Å². The maximum atomic E-state index is 6.79. The summed E-state index contributed by atoms with van der Waals surface area (Å²) in [5.41, 5.74) is 13.1. The summed E-state index contributed by atoms with van der Waals surface area (Å²) in [6.07, 6.45) is 0. The first-order valence-electron chi connectivity index (χ1n) is 20.2. The highest BCUT2D eigenvalue weighted by molar-refractivity contribution is 6.23. The van der Waals surface area contributed by atoms with E-state index in [-0.39, 0.29) is 0 Å². The average molecular weight is 753 g/mol. The van der Waals surface area contributed by atoms with Gasteiger partial charge in [0.1, 0.15) is 5.58 Å². The summed E-state index contributed by atoms with van der Waals surface area (Å²) >= 11 is 0. The van der Waals surface area contributed by atoms with E-state index in [4.69, 9.17) is 4.42 Å². The van der Waals surface area contributed by atoms with Crippen molar-refractivity contribution >= 4 is 82.4 Å². The van der Waals surface area contributed by atoms with Crippen LogP contribution in [0.4, 0.5) is 17.1 Å². The molecule has 2 aromatic heterocycles. The van der Waals surface area contributed by atoms with Gasteiger partial charge in [-0.25, -0.2) is 0 Å². The van der Waals surface area contributed by atoms with Gasteiger partial charge in [-0.2, -0.15) is 0 Å². The van der Waals surface area contributed by atoms with Gasteiger partial charge in [0.2, 0.25) is 0 Å². The van der Waals surface area contributed by atoms with Crippen molar-refractivity contribution < 1.29 is 4.42 Å². The Hall–Kier alpha value is -7.88. The largest absolute Gasteiger partial charge is 0.454 e. The van der Waals surface area contributed by atoms with Crippen LogP contribution in [0.1, 0.15) is 0 Å². The molecule has 0 saturated heterocycles. The lowest BCUT2D eigenvalue weighted by molar-refractivity contribution is 0.669. The number of hydrogen-bond donors (Lipinski definition) is 0. The lowest BCUT2D eigenvalue weighted by Crippen LogP contribution is -2.10. The summed E-state index contributed by atoms with van der Waals surface area (Å²) < 4.78 is 9.16. The predicted octanol–water partition coefficient (Wildman–Crippen LogP) is 15.8. The molecule has 12 rings (SSSR count). The molecule has 0 radical (unpaired) electrons. The lowest BCUT2D eigenvalue weighted by Gasteiger charge is -2.26. The molecule has 0 N–H and O–H groups in total. The number of rotatable bonds is 6. The quantitative estimate of drug-likeness (QED) is 0.169. The van der Waals surface area contributed by atoms with Crippen LogP contribution in [0.25, 0.3) is 93.2 Å². The standard InChI is InChI=1S/C56H36N2O/c1-2-12-41-35-42(22-21-37(41)11-1)40-27-31-45(32-28-40)57(53-36-43-13-3-4-14-47(43)55-50-17-7-10-20-54(50)59-56(53)55)44-29-23-38(24-30-44)39-25-33-46(34-26-39)58-51-18-8-5-15-48(51)49-16-6-9-19-52(49)58/h1-36H. The van der Waals surface area contributed by atoms with E-state index in [9.17, 15) is 0 Å². The van der Waals surface area contributed by atoms with E-state index < -0.39 is 0 Å². The van der Waals surface area contributed by atoms with Crippen molar-refractivity contribution in [1.82, 2.24) is 4.57 Å². The van der Waals surface area contributed by atoms with Gasteiger partial charge in [0.15, 0.2) is 5.58 Å². The monoisotopic (exact) mass is 752 g/mol. The van der Waals surface area contributed by atoms with Gasteiger partial charge >= 0.3 is 0 Å². The first kappa shape index (κ1) is 33.3. The van der Waals surface area contributed by atoms with Crippen molar-refractivity contribution in [2.75, 3.05) is 4.90 Å². The normalized spacial score (nSPS) is 11.7. The molecule has 0 aliphatic rings. The van der Waals surface area contributed by atoms with Gasteiger partial charge in [-0.15, -0.1) is 0 Å². The van der Waals surface area contributed by atoms with Crippen molar-refractivity contribution in [1.29, 1.82) is 0 Å². The highest BCUT2D eigenvalue weighted by Crippen LogP contribution is 2.46. The molecule has 0 aliphatic heterocycles. The molecule has 0 aliphatic carbocycles. The van der Waals surface area contributed by atoms with Crippen LogP contribution in [-0.4, -0.2) is 4.57 Å². The molecule has 0 spiro atoms.